The van der Waals surface area contributed by atoms with Gasteiger partial charge < -0.3 is 5.32 Å². The van der Waals surface area contributed by atoms with Crippen molar-refractivity contribution in [1.29, 1.82) is 0 Å². The molecular formula is C17H21N3S. The highest BCUT2D eigenvalue weighted by Gasteiger charge is 2.34. The first-order chi connectivity index (χ1) is 10.3. The topological polar surface area (TPSA) is 28.2 Å². The predicted molar refractivity (Wildman–Crippen MR) is 88.9 cm³/mol. The van der Waals surface area contributed by atoms with Crippen molar-refractivity contribution in [1.82, 2.24) is 9.88 Å². The van der Waals surface area contributed by atoms with Crippen LogP contribution in [0.1, 0.15) is 24.3 Å². The molecule has 0 bridgehead atoms. The molecule has 4 rings (SSSR count). The quantitative estimate of drug-likeness (QED) is 0.931. The number of aryl methyl sites for hydroxylation is 1. The van der Waals surface area contributed by atoms with Crippen LogP contribution in [0.5, 0.6) is 0 Å². The Morgan fingerprint density at radius 2 is 2.19 bits per heavy atom. The van der Waals surface area contributed by atoms with Gasteiger partial charge in [0.05, 0.1) is 10.7 Å². The van der Waals surface area contributed by atoms with E-state index in [-0.39, 0.29) is 0 Å². The van der Waals surface area contributed by atoms with Crippen molar-refractivity contribution in [3.8, 4) is 11.3 Å². The Labute approximate surface area is 130 Å². The standard InChI is InChI=1S/C17H21N3S/c1-12-18-17(11-21-12)13-3-2-4-14(9-13)19-15-7-8-20(10-15)16-5-6-16/h2-4,9,11,15-16,19H,5-8,10H2,1H3. The monoisotopic (exact) mass is 299 g/mol. The molecule has 2 heterocycles. The summed E-state index contributed by atoms with van der Waals surface area (Å²) in [5.41, 5.74) is 3.52. The van der Waals surface area contributed by atoms with Crippen LogP contribution in [0, 0.1) is 6.92 Å². The molecule has 1 aliphatic heterocycles. The second kappa shape index (κ2) is 5.43. The second-order valence-electron chi connectivity index (χ2n) is 6.19. The van der Waals surface area contributed by atoms with Crippen molar-refractivity contribution in [2.75, 3.05) is 18.4 Å². The molecule has 1 aromatic heterocycles. The summed E-state index contributed by atoms with van der Waals surface area (Å²) >= 11 is 1.71. The molecular weight excluding hydrogens is 278 g/mol. The van der Waals surface area contributed by atoms with Gasteiger partial charge in [0.1, 0.15) is 0 Å². The number of nitrogens with zero attached hydrogens (tertiary/aromatic N) is 2. The number of hydrogen-bond acceptors (Lipinski definition) is 4. The van der Waals surface area contributed by atoms with Crippen LogP contribution < -0.4 is 5.32 Å². The van der Waals surface area contributed by atoms with Gasteiger partial charge in [0.25, 0.3) is 0 Å². The minimum atomic E-state index is 0.595. The summed E-state index contributed by atoms with van der Waals surface area (Å²) in [6.07, 6.45) is 4.08. The van der Waals surface area contributed by atoms with E-state index in [9.17, 15) is 0 Å². The van der Waals surface area contributed by atoms with E-state index in [1.165, 1.54) is 43.6 Å². The summed E-state index contributed by atoms with van der Waals surface area (Å²) in [4.78, 5) is 7.22. The molecule has 2 aromatic rings. The van der Waals surface area contributed by atoms with Gasteiger partial charge in [-0.1, -0.05) is 12.1 Å². The van der Waals surface area contributed by atoms with Crippen molar-refractivity contribution < 1.29 is 0 Å². The van der Waals surface area contributed by atoms with Crippen molar-refractivity contribution in [3.05, 3.63) is 34.7 Å². The molecule has 110 valence electrons. The van der Waals surface area contributed by atoms with Crippen LogP contribution in [-0.2, 0) is 0 Å². The molecule has 3 nitrogen and oxygen atoms in total. The average molecular weight is 299 g/mol. The zero-order valence-electron chi connectivity index (χ0n) is 12.4. The lowest BCUT2D eigenvalue weighted by Gasteiger charge is -2.17. The van der Waals surface area contributed by atoms with Crippen LogP contribution in [0.4, 0.5) is 5.69 Å². The molecule has 1 unspecified atom stereocenters. The van der Waals surface area contributed by atoms with E-state index < -0.39 is 0 Å². The number of rotatable bonds is 4. The normalized spacial score (nSPS) is 22.6. The first kappa shape index (κ1) is 13.3. The molecule has 1 aliphatic carbocycles. The van der Waals surface area contributed by atoms with Crippen LogP contribution in [0.25, 0.3) is 11.3 Å². The molecule has 21 heavy (non-hydrogen) atoms. The number of aromatic nitrogens is 1. The summed E-state index contributed by atoms with van der Waals surface area (Å²) in [5.74, 6) is 0. The van der Waals surface area contributed by atoms with E-state index >= 15 is 0 Å². The lowest BCUT2D eigenvalue weighted by molar-refractivity contribution is 0.326. The third kappa shape index (κ3) is 2.97. The number of anilines is 1. The van der Waals surface area contributed by atoms with E-state index in [0.717, 1.165) is 16.7 Å². The predicted octanol–water partition coefficient (Wildman–Crippen LogP) is 3.77. The molecule has 2 aliphatic rings. The summed E-state index contributed by atoms with van der Waals surface area (Å²) in [6.45, 7) is 4.51. The Kier molecular flexibility index (Phi) is 3.43. The van der Waals surface area contributed by atoms with Crippen LogP contribution >= 0.6 is 11.3 Å². The maximum Gasteiger partial charge on any atom is 0.0901 e. The number of benzene rings is 1. The van der Waals surface area contributed by atoms with E-state index in [0.29, 0.717) is 6.04 Å². The Morgan fingerprint density at radius 1 is 1.29 bits per heavy atom. The zero-order valence-corrected chi connectivity index (χ0v) is 13.2. The minimum absolute atomic E-state index is 0.595. The van der Waals surface area contributed by atoms with Gasteiger partial charge in [-0.05, 0) is 38.3 Å². The molecule has 1 saturated carbocycles. The van der Waals surface area contributed by atoms with Crippen molar-refractivity contribution in [2.24, 2.45) is 0 Å². The number of thiazole rings is 1. The van der Waals surface area contributed by atoms with Gasteiger partial charge in [-0.2, -0.15) is 0 Å². The molecule has 1 N–H and O–H groups in total. The summed E-state index contributed by atoms with van der Waals surface area (Å²) < 4.78 is 0. The highest BCUT2D eigenvalue weighted by molar-refractivity contribution is 7.09. The van der Waals surface area contributed by atoms with Crippen LogP contribution in [-0.4, -0.2) is 35.1 Å². The van der Waals surface area contributed by atoms with Gasteiger partial charge in [-0.3, -0.25) is 4.90 Å². The third-order valence-corrected chi connectivity index (χ3v) is 5.20. The lowest BCUT2D eigenvalue weighted by atomic mass is 10.1. The van der Waals surface area contributed by atoms with Gasteiger partial charge >= 0.3 is 0 Å². The largest absolute Gasteiger partial charge is 0.381 e. The maximum atomic E-state index is 4.58. The molecule has 0 amide bonds. The van der Waals surface area contributed by atoms with E-state index in [4.69, 9.17) is 0 Å². The van der Waals surface area contributed by atoms with Crippen molar-refractivity contribution >= 4 is 17.0 Å². The molecule has 4 heteroatoms. The Bertz CT molecular complexity index is 632. The molecule has 1 aromatic carbocycles. The molecule has 0 spiro atoms. The van der Waals surface area contributed by atoms with Crippen LogP contribution in [0.2, 0.25) is 0 Å². The second-order valence-corrected chi connectivity index (χ2v) is 7.25. The highest BCUT2D eigenvalue weighted by Crippen LogP contribution is 2.31. The zero-order chi connectivity index (χ0) is 14.2. The van der Waals surface area contributed by atoms with E-state index in [2.05, 4.69) is 51.8 Å². The highest BCUT2D eigenvalue weighted by atomic mass is 32.1. The van der Waals surface area contributed by atoms with Crippen LogP contribution in [0.3, 0.4) is 0 Å². The third-order valence-electron chi connectivity index (χ3n) is 4.43. The molecule has 2 fully saturated rings. The first-order valence-corrected chi connectivity index (χ1v) is 8.69. The lowest BCUT2D eigenvalue weighted by Crippen LogP contribution is -2.27. The van der Waals surface area contributed by atoms with E-state index in [1.807, 2.05) is 0 Å². The Morgan fingerprint density at radius 3 is 2.95 bits per heavy atom. The smallest absolute Gasteiger partial charge is 0.0901 e. The molecule has 1 saturated heterocycles. The maximum absolute atomic E-state index is 4.58. The van der Waals surface area contributed by atoms with Gasteiger partial charge in [0, 0.05) is 41.8 Å². The minimum Gasteiger partial charge on any atom is -0.381 e. The fourth-order valence-electron chi connectivity index (χ4n) is 3.18. The fourth-order valence-corrected chi connectivity index (χ4v) is 3.80. The van der Waals surface area contributed by atoms with Gasteiger partial charge in [-0.15, -0.1) is 11.3 Å². The average Bonchev–Trinajstić information content (AvgIpc) is 3.09. The van der Waals surface area contributed by atoms with Crippen LogP contribution in [0.15, 0.2) is 29.6 Å². The Balaban J connectivity index is 1.45. The molecule has 0 radical (unpaired) electrons. The number of hydrogen-bond donors (Lipinski definition) is 1. The van der Waals surface area contributed by atoms with E-state index in [1.54, 1.807) is 11.3 Å². The summed E-state index contributed by atoms with van der Waals surface area (Å²) in [5, 5.41) is 6.97. The fraction of sp³-hybridized carbons (Fsp3) is 0.471. The number of likely N-dealkylation sites (tertiary alicyclic amines) is 1. The first-order valence-electron chi connectivity index (χ1n) is 7.81. The van der Waals surface area contributed by atoms with Gasteiger partial charge in [0.2, 0.25) is 0 Å². The summed E-state index contributed by atoms with van der Waals surface area (Å²) in [6, 6.07) is 10.2. The van der Waals surface area contributed by atoms with Gasteiger partial charge in [-0.25, -0.2) is 4.98 Å². The summed E-state index contributed by atoms with van der Waals surface area (Å²) in [7, 11) is 0. The van der Waals surface area contributed by atoms with Crippen molar-refractivity contribution in [3.63, 3.8) is 0 Å². The van der Waals surface area contributed by atoms with Crippen molar-refractivity contribution in [2.45, 2.75) is 38.3 Å². The SMILES string of the molecule is Cc1nc(-c2cccc(NC3CCN(C4CC4)C3)c2)cs1. The number of nitrogens with one attached hydrogen (secondary N) is 1. The molecule has 1 atom stereocenters. The Hall–Kier alpha value is -1.39. The van der Waals surface area contributed by atoms with Gasteiger partial charge in [0.15, 0.2) is 0 Å².